The van der Waals surface area contributed by atoms with Gasteiger partial charge in [-0.2, -0.15) is 0 Å². The molecular formula is C25H23FN2O2S. The van der Waals surface area contributed by atoms with E-state index in [1.807, 2.05) is 47.4 Å². The highest BCUT2D eigenvalue weighted by atomic mass is 32.2. The molecule has 0 aliphatic carbocycles. The van der Waals surface area contributed by atoms with Gasteiger partial charge in [0.25, 0.3) is 5.91 Å². The minimum atomic E-state index is -0.451. The van der Waals surface area contributed by atoms with E-state index in [2.05, 4.69) is 25.2 Å². The predicted octanol–water partition coefficient (Wildman–Crippen LogP) is 5.98. The molecule has 0 unspecified atom stereocenters. The van der Waals surface area contributed by atoms with Crippen LogP contribution in [0.5, 0.6) is 0 Å². The van der Waals surface area contributed by atoms with Gasteiger partial charge in [0.1, 0.15) is 11.2 Å². The number of halogens is 1. The Morgan fingerprint density at radius 2 is 1.81 bits per heavy atom. The highest BCUT2D eigenvalue weighted by Gasteiger charge is 2.35. The van der Waals surface area contributed by atoms with E-state index in [-0.39, 0.29) is 22.8 Å². The maximum absolute atomic E-state index is 13.4. The third-order valence-corrected chi connectivity index (χ3v) is 6.44. The zero-order chi connectivity index (χ0) is 22.0. The Bertz CT molecular complexity index is 1110. The lowest BCUT2D eigenvalue weighted by atomic mass is 10.00. The first-order chi connectivity index (χ1) is 14.9. The molecule has 0 aromatic heterocycles. The van der Waals surface area contributed by atoms with Crippen LogP contribution in [0.2, 0.25) is 0 Å². The van der Waals surface area contributed by atoms with E-state index in [0.717, 1.165) is 16.8 Å². The summed E-state index contributed by atoms with van der Waals surface area (Å²) in [5.41, 5.74) is 3.94. The van der Waals surface area contributed by atoms with Gasteiger partial charge in [-0.15, -0.1) is 11.8 Å². The minimum absolute atomic E-state index is 0.0894. The van der Waals surface area contributed by atoms with E-state index in [1.165, 1.54) is 18.2 Å². The smallest absolute Gasteiger partial charge is 0.255 e. The number of anilines is 2. The fraction of sp³-hybridized carbons (Fsp3) is 0.200. The van der Waals surface area contributed by atoms with Crippen LogP contribution in [0, 0.1) is 5.82 Å². The number of carbonyl (C=O) groups excluding carboxylic acids is 2. The maximum atomic E-state index is 13.4. The molecule has 1 N–H and O–H groups in total. The molecule has 4 nitrogen and oxygen atoms in total. The van der Waals surface area contributed by atoms with E-state index >= 15 is 0 Å². The third kappa shape index (κ3) is 4.49. The van der Waals surface area contributed by atoms with Gasteiger partial charge in [-0.25, -0.2) is 4.39 Å². The van der Waals surface area contributed by atoms with Gasteiger partial charge < -0.3 is 5.32 Å². The van der Waals surface area contributed by atoms with Crippen molar-refractivity contribution >= 4 is 35.0 Å². The maximum Gasteiger partial charge on any atom is 0.255 e. The molecule has 1 aliphatic heterocycles. The average molecular weight is 435 g/mol. The van der Waals surface area contributed by atoms with Gasteiger partial charge in [-0.1, -0.05) is 50.2 Å². The zero-order valence-electron chi connectivity index (χ0n) is 17.3. The van der Waals surface area contributed by atoms with Crippen LogP contribution >= 0.6 is 11.8 Å². The summed E-state index contributed by atoms with van der Waals surface area (Å²) in [6.07, 6.45) is 0. The fourth-order valence-electron chi connectivity index (χ4n) is 3.69. The van der Waals surface area contributed by atoms with Crippen molar-refractivity contribution < 1.29 is 14.0 Å². The van der Waals surface area contributed by atoms with Gasteiger partial charge in [-0.05, 0) is 53.4 Å². The van der Waals surface area contributed by atoms with Crippen molar-refractivity contribution in [2.75, 3.05) is 16.0 Å². The molecule has 4 rings (SSSR count). The molecule has 1 heterocycles. The van der Waals surface area contributed by atoms with Crippen LogP contribution in [0.1, 0.15) is 46.6 Å². The number of amides is 2. The molecule has 0 bridgehead atoms. The Morgan fingerprint density at radius 1 is 1.06 bits per heavy atom. The number of nitrogens with zero attached hydrogens (tertiary/aromatic N) is 1. The largest absolute Gasteiger partial charge is 0.322 e. The van der Waals surface area contributed by atoms with Crippen LogP contribution in [0.4, 0.5) is 15.8 Å². The Labute approximate surface area is 185 Å². The number of thioether (sulfide) groups is 1. The lowest BCUT2D eigenvalue weighted by Gasteiger charge is -2.27. The Kier molecular flexibility index (Phi) is 6.09. The minimum Gasteiger partial charge on any atom is -0.322 e. The lowest BCUT2D eigenvalue weighted by Crippen LogP contribution is -2.29. The first-order valence-electron chi connectivity index (χ1n) is 10.1. The van der Waals surface area contributed by atoms with Gasteiger partial charge in [0, 0.05) is 16.9 Å². The van der Waals surface area contributed by atoms with Crippen LogP contribution in [0.3, 0.4) is 0 Å². The van der Waals surface area contributed by atoms with Gasteiger partial charge in [0.2, 0.25) is 5.91 Å². The zero-order valence-corrected chi connectivity index (χ0v) is 18.2. The van der Waals surface area contributed by atoms with Crippen LogP contribution in [0.25, 0.3) is 0 Å². The highest BCUT2D eigenvalue weighted by molar-refractivity contribution is 8.00. The monoisotopic (exact) mass is 434 g/mol. The molecule has 31 heavy (non-hydrogen) atoms. The number of benzene rings is 3. The lowest BCUT2D eigenvalue weighted by molar-refractivity contribution is -0.115. The summed E-state index contributed by atoms with van der Waals surface area (Å²) in [5.74, 6) is -0.00472. The summed E-state index contributed by atoms with van der Waals surface area (Å²) < 4.78 is 13.4. The van der Waals surface area contributed by atoms with Gasteiger partial charge in [-0.3, -0.25) is 14.5 Å². The number of nitrogens with one attached hydrogen (secondary N) is 1. The van der Waals surface area contributed by atoms with Crippen molar-refractivity contribution in [2.45, 2.75) is 25.1 Å². The van der Waals surface area contributed by atoms with Gasteiger partial charge in [0.05, 0.1) is 5.75 Å². The van der Waals surface area contributed by atoms with Crippen molar-refractivity contribution in [1.82, 2.24) is 0 Å². The average Bonchev–Trinajstić information content (AvgIpc) is 3.15. The number of hydrogen-bond acceptors (Lipinski definition) is 3. The number of hydrogen-bond donors (Lipinski definition) is 1. The number of para-hydroxylation sites is 1. The van der Waals surface area contributed by atoms with Crippen LogP contribution in [-0.4, -0.2) is 17.6 Å². The molecule has 0 spiro atoms. The van der Waals surface area contributed by atoms with Crippen molar-refractivity contribution in [3.63, 3.8) is 0 Å². The Hall–Kier alpha value is -3.12. The summed E-state index contributed by atoms with van der Waals surface area (Å²) in [4.78, 5) is 27.0. The second kappa shape index (κ2) is 8.94. The molecule has 1 aliphatic rings. The van der Waals surface area contributed by atoms with Gasteiger partial charge >= 0.3 is 0 Å². The van der Waals surface area contributed by atoms with Gasteiger partial charge in [0.15, 0.2) is 0 Å². The Balaban J connectivity index is 1.56. The Morgan fingerprint density at radius 3 is 2.52 bits per heavy atom. The third-order valence-electron chi connectivity index (χ3n) is 5.23. The predicted molar refractivity (Wildman–Crippen MR) is 124 cm³/mol. The molecular weight excluding hydrogens is 411 g/mol. The van der Waals surface area contributed by atoms with E-state index in [1.54, 1.807) is 17.8 Å². The second-order valence-electron chi connectivity index (χ2n) is 7.73. The van der Waals surface area contributed by atoms with E-state index in [4.69, 9.17) is 0 Å². The number of rotatable bonds is 5. The summed E-state index contributed by atoms with van der Waals surface area (Å²) in [7, 11) is 0. The molecule has 0 radical (unpaired) electrons. The molecule has 3 aromatic carbocycles. The van der Waals surface area contributed by atoms with Crippen LogP contribution in [0.15, 0.2) is 72.8 Å². The highest BCUT2D eigenvalue weighted by Crippen LogP contribution is 2.44. The summed E-state index contributed by atoms with van der Waals surface area (Å²) in [6.45, 7) is 4.25. The van der Waals surface area contributed by atoms with Crippen molar-refractivity contribution in [3.05, 3.63) is 95.3 Å². The molecule has 1 fully saturated rings. The van der Waals surface area contributed by atoms with E-state index in [0.29, 0.717) is 17.4 Å². The second-order valence-corrected chi connectivity index (χ2v) is 8.80. The molecule has 2 amide bonds. The van der Waals surface area contributed by atoms with Crippen LogP contribution < -0.4 is 10.2 Å². The van der Waals surface area contributed by atoms with Crippen molar-refractivity contribution in [1.29, 1.82) is 0 Å². The number of carbonyl (C=O) groups is 2. The first-order valence-corrected chi connectivity index (χ1v) is 11.2. The molecule has 158 valence electrons. The first kappa shape index (κ1) is 21.1. The molecule has 3 aromatic rings. The van der Waals surface area contributed by atoms with E-state index < -0.39 is 5.82 Å². The topological polar surface area (TPSA) is 49.4 Å². The quantitative estimate of drug-likeness (QED) is 0.537. The standard InChI is InChI=1S/C25H23FN2O2S/c1-16(2)21-8-3-4-9-22(21)28-23(29)15-31-25(28)17-10-12-20(13-11-17)27-24(30)18-6-5-7-19(26)14-18/h3-14,16,25H,15H2,1-2H3,(H,27,30)/t25-/m0/s1. The molecule has 1 atom stereocenters. The van der Waals surface area contributed by atoms with E-state index in [9.17, 15) is 14.0 Å². The summed E-state index contributed by atoms with van der Waals surface area (Å²) in [6, 6.07) is 21.1. The SMILES string of the molecule is CC(C)c1ccccc1N1C(=O)CS[C@H]1c1ccc(NC(=O)c2cccc(F)c2)cc1. The summed E-state index contributed by atoms with van der Waals surface area (Å²) >= 11 is 1.59. The molecule has 1 saturated heterocycles. The van der Waals surface area contributed by atoms with Crippen LogP contribution in [-0.2, 0) is 4.79 Å². The van der Waals surface area contributed by atoms with Crippen molar-refractivity contribution in [3.8, 4) is 0 Å². The normalized spacial score (nSPS) is 16.1. The molecule has 0 saturated carbocycles. The fourth-order valence-corrected chi connectivity index (χ4v) is 4.86. The van der Waals surface area contributed by atoms with Crippen molar-refractivity contribution in [2.24, 2.45) is 0 Å². The summed E-state index contributed by atoms with van der Waals surface area (Å²) in [5, 5.41) is 2.66. The molecule has 6 heteroatoms.